The normalized spacial score (nSPS) is 11.2. The van der Waals surface area contributed by atoms with Crippen molar-refractivity contribution in [3.63, 3.8) is 0 Å². The van der Waals surface area contributed by atoms with Gasteiger partial charge in [0.15, 0.2) is 0 Å². The van der Waals surface area contributed by atoms with Crippen molar-refractivity contribution in [1.29, 1.82) is 5.41 Å². The van der Waals surface area contributed by atoms with Gasteiger partial charge >= 0.3 is 0 Å². The van der Waals surface area contributed by atoms with E-state index >= 15 is 0 Å². The van der Waals surface area contributed by atoms with E-state index in [1.807, 2.05) is 0 Å². The minimum absolute atomic E-state index is 0.139. The lowest BCUT2D eigenvalue weighted by Crippen LogP contribution is -2.36. The molecule has 1 aromatic rings. The average molecular weight is 266 g/mol. The molecule has 0 unspecified atom stereocenters. The summed E-state index contributed by atoms with van der Waals surface area (Å²) >= 11 is 0. The van der Waals surface area contributed by atoms with Gasteiger partial charge in [0.1, 0.15) is 5.69 Å². The van der Waals surface area contributed by atoms with Gasteiger partial charge in [-0.3, -0.25) is 10.1 Å². The third-order valence-corrected chi connectivity index (χ3v) is 2.57. The van der Waals surface area contributed by atoms with Crippen LogP contribution < -0.4 is 10.6 Å². The molecule has 19 heavy (non-hydrogen) atoms. The van der Waals surface area contributed by atoms with Gasteiger partial charge < -0.3 is 21.1 Å². The van der Waals surface area contributed by atoms with E-state index in [9.17, 15) is 15.2 Å². The van der Waals surface area contributed by atoms with Gasteiger partial charge in [0, 0.05) is 37.1 Å². The fourth-order valence-electron chi connectivity index (χ4n) is 1.85. The number of nitro benzene ring substituents is 1. The molecule has 0 saturated heterocycles. The Labute approximate surface area is 111 Å². The van der Waals surface area contributed by atoms with E-state index in [-0.39, 0.29) is 17.9 Å². The van der Waals surface area contributed by atoms with Crippen LogP contribution in [0.3, 0.4) is 0 Å². The molecular weight excluding hydrogens is 248 g/mol. The third-order valence-electron chi connectivity index (χ3n) is 2.57. The van der Waals surface area contributed by atoms with Crippen molar-refractivity contribution in [1.82, 2.24) is 0 Å². The Morgan fingerprint density at radius 2 is 2.16 bits per heavy atom. The maximum Gasteiger partial charge on any atom is 0.293 e. The molecule has 7 heteroatoms. The van der Waals surface area contributed by atoms with Crippen molar-refractivity contribution in [2.24, 2.45) is 0 Å². The number of hydrogen-bond donors (Lipinski definition) is 3. The first-order valence-electron chi connectivity index (χ1n) is 5.67. The Morgan fingerprint density at radius 1 is 1.58 bits per heavy atom. The molecule has 7 nitrogen and oxygen atoms in total. The number of nitrogens with two attached hydrogens (primary N) is 1. The van der Waals surface area contributed by atoms with Crippen LogP contribution in [-0.4, -0.2) is 35.4 Å². The Balaban J connectivity index is 3.29. The van der Waals surface area contributed by atoms with Crippen molar-refractivity contribution >= 4 is 23.3 Å². The largest absolute Gasteiger partial charge is 0.398 e. The predicted molar refractivity (Wildman–Crippen MR) is 75.0 cm³/mol. The van der Waals surface area contributed by atoms with Crippen molar-refractivity contribution in [2.45, 2.75) is 19.4 Å². The molecule has 0 heterocycles. The molecule has 0 bridgehead atoms. The second-order valence-electron chi connectivity index (χ2n) is 5.04. The Hall–Kier alpha value is -2.15. The zero-order valence-corrected chi connectivity index (χ0v) is 11.2. The van der Waals surface area contributed by atoms with Crippen LogP contribution in [0.5, 0.6) is 0 Å². The van der Waals surface area contributed by atoms with Crippen LogP contribution in [0.25, 0.3) is 0 Å². The number of likely N-dealkylation sites (N-methyl/N-ethyl adjacent to an activating group) is 1. The van der Waals surface area contributed by atoms with Gasteiger partial charge in [-0.25, -0.2) is 0 Å². The second-order valence-corrected chi connectivity index (χ2v) is 5.04. The molecule has 0 amide bonds. The lowest BCUT2D eigenvalue weighted by atomic mass is 10.1. The van der Waals surface area contributed by atoms with E-state index in [1.54, 1.807) is 25.8 Å². The van der Waals surface area contributed by atoms with Crippen LogP contribution in [0.4, 0.5) is 17.1 Å². The molecule has 104 valence electrons. The standard InChI is InChI=1S/C12H18N4O3/c1-12(2,17)7-15(3)10-5-9(14)8(6-13)4-11(10)16(18)19/h4-6,13,17H,7,14H2,1-3H3. The van der Waals surface area contributed by atoms with Crippen LogP contribution in [-0.2, 0) is 0 Å². The van der Waals surface area contributed by atoms with E-state index in [0.717, 1.165) is 6.21 Å². The zero-order valence-electron chi connectivity index (χ0n) is 11.2. The maximum atomic E-state index is 11.1. The number of nitro groups is 1. The van der Waals surface area contributed by atoms with Crippen LogP contribution in [0, 0.1) is 15.5 Å². The first-order chi connectivity index (χ1) is 8.65. The summed E-state index contributed by atoms with van der Waals surface area (Å²) in [6, 6.07) is 2.71. The van der Waals surface area contributed by atoms with Crippen molar-refractivity contribution in [2.75, 3.05) is 24.2 Å². The van der Waals surface area contributed by atoms with Crippen LogP contribution in [0.1, 0.15) is 19.4 Å². The van der Waals surface area contributed by atoms with Gasteiger partial charge in [0.05, 0.1) is 10.5 Å². The van der Waals surface area contributed by atoms with E-state index in [4.69, 9.17) is 11.1 Å². The molecule has 1 rings (SSSR count). The molecule has 0 aliphatic heterocycles. The highest BCUT2D eigenvalue weighted by molar-refractivity contribution is 5.89. The summed E-state index contributed by atoms with van der Waals surface area (Å²) in [4.78, 5) is 12.1. The van der Waals surface area contributed by atoms with Gasteiger partial charge in [0.2, 0.25) is 0 Å². The van der Waals surface area contributed by atoms with E-state index in [1.165, 1.54) is 12.1 Å². The number of rotatable bonds is 5. The maximum absolute atomic E-state index is 11.1. The fraction of sp³-hybridized carbons (Fsp3) is 0.417. The van der Waals surface area contributed by atoms with Gasteiger partial charge in [-0.1, -0.05) is 0 Å². The smallest absolute Gasteiger partial charge is 0.293 e. The quantitative estimate of drug-likeness (QED) is 0.322. The fourth-order valence-corrected chi connectivity index (χ4v) is 1.85. The molecule has 0 aliphatic rings. The van der Waals surface area contributed by atoms with Crippen LogP contribution in [0.15, 0.2) is 12.1 Å². The average Bonchev–Trinajstić information content (AvgIpc) is 2.25. The lowest BCUT2D eigenvalue weighted by molar-refractivity contribution is -0.384. The number of aliphatic hydroxyl groups is 1. The summed E-state index contributed by atoms with van der Waals surface area (Å²) in [6.45, 7) is 3.45. The second kappa shape index (κ2) is 5.23. The number of hydrogen-bond acceptors (Lipinski definition) is 6. The first-order valence-corrected chi connectivity index (χ1v) is 5.67. The third kappa shape index (κ3) is 3.65. The van der Waals surface area contributed by atoms with E-state index in [2.05, 4.69) is 0 Å². The number of benzene rings is 1. The molecule has 4 N–H and O–H groups in total. The number of anilines is 2. The molecule has 1 aromatic carbocycles. The molecule has 0 spiro atoms. The summed E-state index contributed by atoms with van der Waals surface area (Å²) < 4.78 is 0. The summed E-state index contributed by atoms with van der Waals surface area (Å²) in [7, 11) is 1.64. The summed E-state index contributed by atoms with van der Waals surface area (Å²) in [5.41, 5.74) is 5.51. The summed E-state index contributed by atoms with van der Waals surface area (Å²) in [5.74, 6) is 0. The molecule has 0 aliphatic carbocycles. The molecular formula is C12H18N4O3. The van der Waals surface area contributed by atoms with Gasteiger partial charge in [-0.15, -0.1) is 0 Å². The number of nitrogens with zero attached hydrogens (tertiary/aromatic N) is 2. The van der Waals surface area contributed by atoms with Crippen molar-refractivity contribution < 1.29 is 10.0 Å². The summed E-state index contributed by atoms with van der Waals surface area (Å²) in [5, 5.41) is 28.0. The highest BCUT2D eigenvalue weighted by Crippen LogP contribution is 2.32. The zero-order chi connectivity index (χ0) is 14.8. The predicted octanol–water partition coefficient (Wildman–Crippen LogP) is 1.38. The first kappa shape index (κ1) is 14.9. The van der Waals surface area contributed by atoms with Gasteiger partial charge in [0.25, 0.3) is 5.69 Å². The minimum atomic E-state index is -0.988. The highest BCUT2D eigenvalue weighted by atomic mass is 16.6. The van der Waals surface area contributed by atoms with Gasteiger partial charge in [-0.05, 0) is 19.9 Å². The van der Waals surface area contributed by atoms with Gasteiger partial charge in [-0.2, -0.15) is 0 Å². The number of nitrogen functional groups attached to an aromatic ring is 1. The molecule has 0 radical (unpaired) electrons. The van der Waals surface area contributed by atoms with Crippen molar-refractivity contribution in [3.05, 3.63) is 27.8 Å². The minimum Gasteiger partial charge on any atom is -0.398 e. The topological polar surface area (TPSA) is 116 Å². The van der Waals surface area contributed by atoms with Crippen molar-refractivity contribution in [3.8, 4) is 0 Å². The lowest BCUT2D eigenvalue weighted by Gasteiger charge is -2.27. The highest BCUT2D eigenvalue weighted by Gasteiger charge is 2.23. The van der Waals surface area contributed by atoms with E-state index in [0.29, 0.717) is 11.3 Å². The molecule has 0 aromatic heterocycles. The Morgan fingerprint density at radius 3 is 2.58 bits per heavy atom. The van der Waals surface area contributed by atoms with Crippen LogP contribution >= 0.6 is 0 Å². The monoisotopic (exact) mass is 266 g/mol. The Kier molecular flexibility index (Phi) is 4.10. The van der Waals surface area contributed by atoms with E-state index < -0.39 is 10.5 Å². The molecule has 0 saturated carbocycles. The summed E-state index contributed by atoms with van der Waals surface area (Å²) in [6.07, 6.45) is 0.974. The Bertz CT molecular complexity index is 508. The number of nitrogens with one attached hydrogen (secondary N) is 1. The SMILES string of the molecule is CN(CC(C)(C)O)c1cc(N)c(C=N)cc1[N+](=O)[O-]. The molecule has 0 fully saturated rings. The van der Waals surface area contributed by atoms with Crippen LogP contribution in [0.2, 0.25) is 0 Å². The molecule has 0 atom stereocenters.